The second-order valence-corrected chi connectivity index (χ2v) is 7.52. The molecule has 0 fully saturated rings. The fourth-order valence-corrected chi connectivity index (χ4v) is 3.54. The van der Waals surface area contributed by atoms with Gasteiger partial charge in [-0.25, -0.2) is 0 Å². The Morgan fingerprint density at radius 1 is 0.920 bits per heavy atom. The van der Waals surface area contributed by atoms with Gasteiger partial charge >= 0.3 is 0 Å². The third kappa shape index (κ3) is 12.2. The molecular formula is C22H43N3. The van der Waals surface area contributed by atoms with Crippen molar-refractivity contribution in [1.29, 1.82) is 0 Å². The molecule has 0 aromatic rings. The summed E-state index contributed by atoms with van der Waals surface area (Å²) in [5.74, 6) is 0. The molecule has 1 aliphatic heterocycles. The summed E-state index contributed by atoms with van der Waals surface area (Å²) in [6.45, 7) is 5.05. The molecule has 3 nitrogen and oxygen atoms in total. The molecule has 0 aromatic carbocycles. The first kappa shape index (κ1) is 22.2. The molecule has 1 heterocycles. The molecule has 25 heavy (non-hydrogen) atoms. The molecule has 0 aliphatic carbocycles. The average Bonchev–Trinajstić information content (AvgIpc) is 3.16. The first-order valence-corrected chi connectivity index (χ1v) is 11.0. The average molecular weight is 350 g/mol. The molecule has 0 bridgehead atoms. The van der Waals surface area contributed by atoms with E-state index in [4.69, 9.17) is 5.73 Å². The van der Waals surface area contributed by atoms with Crippen LogP contribution in [0.15, 0.2) is 17.1 Å². The van der Waals surface area contributed by atoms with Crippen LogP contribution in [0.25, 0.3) is 0 Å². The molecule has 1 aliphatic rings. The Labute approximate surface area is 157 Å². The molecule has 0 saturated carbocycles. The van der Waals surface area contributed by atoms with Crippen LogP contribution in [-0.2, 0) is 0 Å². The first-order valence-electron chi connectivity index (χ1n) is 11.0. The van der Waals surface area contributed by atoms with Crippen LogP contribution in [0.2, 0.25) is 0 Å². The summed E-state index contributed by atoms with van der Waals surface area (Å²) in [4.78, 5) is 6.62. The summed E-state index contributed by atoms with van der Waals surface area (Å²) in [5, 5.41) is 0. The zero-order chi connectivity index (χ0) is 18.0. The number of hydrogen-bond donors (Lipinski definition) is 1. The number of nitrogens with two attached hydrogens (primary N) is 1. The quantitative estimate of drug-likeness (QED) is 0.270. The van der Waals surface area contributed by atoms with Gasteiger partial charge in [-0.1, -0.05) is 76.9 Å². The highest BCUT2D eigenvalue weighted by molar-refractivity contribution is 5.57. The van der Waals surface area contributed by atoms with Crippen LogP contribution >= 0.6 is 0 Å². The normalized spacial score (nSPS) is 15.5. The van der Waals surface area contributed by atoms with E-state index in [1.807, 2.05) is 6.34 Å². The van der Waals surface area contributed by atoms with Crippen LogP contribution < -0.4 is 5.73 Å². The maximum Gasteiger partial charge on any atom is 0.0854 e. The van der Waals surface area contributed by atoms with Crippen molar-refractivity contribution in [2.24, 2.45) is 10.7 Å². The van der Waals surface area contributed by atoms with E-state index in [1.54, 1.807) is 0 Å². The lowest BCUT2D eigenvalue weighted by Crippen LogP contribution is -2.38. The van der Waals surface area contributed by atoms with Crippen molar-refractivity contribution in [1.82, 2.24) is 4.90 Å². The van der Waals surface area contributed by atoms with Gasteiger partial charge in [0.25, 0.3) is 0 Å². The van der Waals surface area contributed by atoms with E-state index >= 15 is 0 Å². The monoisotopic (exact) mass is 349 g/mol. The van der Waals surface area contributed by atoms with Crippen molar-refractivity contribution in [3.63, 3.8) is 0 Å². The number of nitrogens with zero attached hydrogens (tertiary/aromatic N) is 2. The van der Waals surface area contributed by atoms with Crippen molar-refractivity contribution in [3.8, 4) is 0 Å². The van der Waals surface area contributed by atoms with Crippen molar-refractivity contribution in [3.05, 3.63) is 12.2 Å². The van der Waals surface area contributed by atoms with Gasteiger partial charge in [0, 0.05) is 19.1 Å². The number of allylic oxidation sites excluding steroid dienone is 2. The second kappa shape index (κ2) is 16.6. The Hall–Kier alpha value is -0.830. The van der Waals surface area contributed by atoms with Crippen molar-refractivity contribution in [2.75, 3.05) is 19.6 Å². The predicted molar refractivity (Wildman–Crippen MR) is 112 cm³/mol. The Balaban J connectivity index is 1.82. The van der Waals surface area contributed by atoms with Crippen molar-refractivity contribution in [2.45, 2.75) is 103 Å². The van der Waals surface area contributed by atoms with Gasteiger partial charge in [-0.3, -0.25) is 4.99 Å². The molecule has 1 unspecified atom stereocenters. The minimum absolute atomic E-state index is 0.510. The highest BCUT2D eigenvalue weighted by Gasteiger charge is 2.15. The summed E-state index contributed by atoms with van der Waals surface area (Å²) < 4.78 is 0. The highest BCUT2D eigenvalue weighted by Crippen LogP contribution is 2.13. The van der Waals surface area contributed by atoms with E-state index in [-0.39, 0.29) is 0 Å². The van der Waals surface area contributed by atoms with Crippen LogP contribution in [0.1, 0.15) is 96.8 Å². The summed E-state index contributed by atoms with van der Waals surface area (Å²) in [6.07, 6.45) is 25.7. The smallest absolute Gasteiger partial charge is 0.0854 e. The molecule has 0 amide bonds. The Kier molecular flexibility index (Phi) is 14.8. The summed E-state index contributed by atoms with van der Waals surface area (Å²) in [7, 11) is 0. The Morgan fingerprint density at radius 2 is 1.52 bits per heavy atom. The molecule has 146 valence electrons. The number of unbranched alkanes of at least 4 members (excludes halogenated alkanes) is 11. The largest absolute Gasteiger partial charge is 0.357 e. The van der Waals surface area contributed by atoms with Gasteiger partial charge in [0.1, 0.15) is 0 Å². The van der Waals surface area contributed by atoms with Crippen LogP contribution in [0.3, 0.4) is 0 Å². The molecule has 0 radical (unpaired) electrons. The van der Waals surface area contributed by atoms with Gasteiger partial charge in [-0.15, -0.1) is 0 Å². The van der Waals surface area contributed by atoms with E-state index in [0.29, 0.717) is 6.04 Å². The first-order chi connectivity index (χ1) is 12.4. The predicted octanol–water partition coefficient (Wildman–Crippen LogP) is 5.70. The minimum atomic E-state index is 0.510. The highest BCUT2D eigenvalue weighted by atomic mass is 15.2. The maximum atomic E-state index is 5.90. The fraction of sp³-hybridized carbons (Fsp3) is 0.864. The maximum absolute atomic E-state index is 5.90. The Morgan fingerprint density at radius 3 is 2.08 bits per heavy atom. The second-order valence-electron chi connectivity index (χ2n) is 7.52. The van der Waals surface area contributed by atoms with Crippen LogP contribution in [0.4, 0.5) is 0 Å². The van der Waals surface area contributed by atoms with Crippen LogP contribution in [0.5, 0.6) is 0 Å². The third-order valence-electron chi connectivity index (χ3n) is 5.26. The Bertz CT molecular complexity index is 338. The van der Waals surface area contributed by atoms with Gasteiger partial charge in [0.2, 0.25) is 0 Å². The fourth-order valence-electron chi connectivity index (χ4n) is 3.54. The van der Waals surface area contributed by atoms with Gasteiger partial charge < -0.3 is 10.6 Å². The zero-order valence-corrected chi connectivity index (χ0v) is 16.8. The topological polar surface area (TPSA) is 41.6 Å². The van der Waals surface area contributed by atoms with Gasteiger partial charge in [-0.2, -0.15) is 0 Å². The number of hydrogen-bond acceptors (Lipinski definition) is 3. The van der Waals surface area contributed by atoms with E-state index in [1.165, 1.54) is 89.9 Å². The van der Waals surface area contributed by atoms with Crippen LogP contribution in [0, 0.1) is 0 Å². The van der Waals surface area contributed by atoms with E-state index in [2.05, 4.69) is 29.0 Å². The van der Waals surface area contributed by atoms with Crippen LogP contribution in [-0.4, -0.2) is 36.9 Å². The lowest BCUT2D eigenvalue weighted by Gasteiger charge is -2.25. The molecule has 3 heteroatoms. The van der Waals surface area contributed by atoms with Gasteiger partial charge in [-0.05, 0) is 32.1 Å². The molecule has 0 aromatic heterocycles. The molecular weight excluding hydrogens is 306 g/mol. The molecule has 2 N–H and O–H groups in total. The number of aliphatic imine (C=N–C) groups is 1. The molecule has 0 spiro atoms. The minimum Gasteiger partial charge on any atom is -0.357 e. The van der Waals surface area contributed by atoms with Gasteiger partial charge in [0.05, 0.1) is 12.9 Å². The van der Waals surface area contributed by atoms with E-state index in [0.717, 1.165) is 19.6 Å². The SMILES string of the molecule is CCCCCCCCC=CCCCCCCCC(CN)N1C=NCC1. The van der Waals surface area contributed by atoms with Crippen molar-refractivity contribution < 1.29 is 0 Å². The summed E-state index contributed by atoms with van der Waals surface area (Å²) >= 11 is 0. The lowest BCUT2D eigenvalue weighted by molar-refractivity contribution is 0.321. The molecule has 1 atom stereocenters. The number of rotatable bonds is 17. The standard InChI is InChI=1S/C22H43N3/c1-2-3-4-5-6-7-8-9-10-11-12-13-14-15-16-17-22(20-23)25-19-18-24-21-25/h9-10,21-22H,2-8,11-20,23H2,1H3. The third-order valence-corrected chi connectivity index (χ3v) is 5.26. The molecule has 0 saturated heterocycles. The summed E-state index contributed by atoms with van der Waals surface area (Å²) in [5.41, 5.74) is 5.90. The van der Waals surface area contributed by atoms with E-state index < -0.39 is 0 Å². The zero-order valence-electron chi connectivity index (χ0n) is 16.8. The summed E-state index contributed by atoms with van der Waals surface area (Å²) in [6, 6.07) is 0.510. The lowest BCUT2D eigenvalue weighted by atomic mass is 10.0. The van der Waals surface area contributed by atoms with Crippen molar-refractivity contribution >= 4 is 6.34 Å². The van der Waals surface area contributed by atoms with Gasteiger partial charge in [0.15, 0.2) is 0 Å². The molecule has 1 rings (SSSR count). The van der Waals surface area contributed by atoms with E-state index in [9.17, 15) is 0 Å².